The van der Waals surface area contributed by atoms with E-state index in [1.807, 2.05) is 6.07 Å². The van der Waals surface area contributed by atoms with Gasteiger partial charge in [-0.15, -0.1) is 0 Å². The highest BCUT2D eigenvalue weighted by Crippen LogP contribution is 2.15. The van der Waals surface area contributed by atoms with Crippen molar-refractivity contribution in [3.63, 3.8) is 0 Å². The molecule has 0 spiro atoms. The number of benzene rings is 1. The van der Waals surface area contributed by atoms with E-state index >= 15 is 0 Å². The Morgan fingerprint density at radius 3 is 2.33 bits per heavy atom. The van der Waals surface area contributed by atoms with Crippen molar-refractivity contribution in [3.05, 3.63) is 48.0 Å². The monoisotopic (exact) mass is 162 g/mol. The van der Waals surface area contributed by atoms with Gasteiger partial charge in [0.25, 0.3) is 0 Å². The van der Waals surface area contributed by atoms with Crippen LogP contribution < -0.4 is 0 Å². The van der Waals surface area contributed by atoms with Gasteiger partial charge in [0.1, 0.15) is 6.67 Å². The van der Waals surface area contributed by atoms with Crippen molar-refractivity contribution >= 4 is 12.2 Å². The second kappa shape index (κ2) is 3.86. The van der Waals surface area contributed by atoms with Crippen LogP contribution in [0.25, 0.3) is 12.2 Å². The molecule has 0 N–H and O–H groups in total. The zero-order chi connectivity index (χ0) is 8.97. The smallest absolute Gasteiger partial charge is 0.115 e. The van der Waals surface area contributed by atoms with Gasteiger partial charge in [0.15, 0.2) is 0 Å². The van der Waals surface area contributed by atoms with Gasteiger partial charge in [-0.1, -0.05) is 37.4 Å². The first-order valence-electron chi connectivity index (χ1n) is 3.75. The Morgan fingerprint density at radius 1 is 1.17 bits per heavy atom. The minimum absolute atomic E-state index is 0.432. The highest BCUT2D eigenvalue weighted by Gasteiger charge is 1.96. The molecule has 0 heterocycles. The standard InChI is InChI=1S/C11H11F/c1-3-10-6-5-9(8-12)7-11(10)4-2/h3-7H,1-2,8H2. The zero-order valence-electron chi connectivity index (χ0n) is 6.89. The van der Waals surface area contributed by atoms with E-state index in [1.165, 1.54) is 0 Å². The lowest BCUT2D eigenvalue weighted by atomic mass is 10.0. The molecular weight excluding hydrogens is 151 g/mol. The first kappa shape index (κ1) is 8.72. The number of hydrogen-bond acceptors (Lipinski definition) is 0. The summed E-state index contributed by atoms with van der Waals surface area (Å²) in [5.41, 5.74) is 2.60. The summed E-state index contributed by atoms with van der Waals surface area (Å²) < 4.78 is 12.2. The molecule has 1 aromatic rings. The minimum Gasteiger partial charge on any atom is -0.246 e. The van der Waals surface area contributed by atoms with Gasteiger partial charge in [-0.3, -0.25) is 0 Å². The van der Waals surface area contributed by atoms with Crippen LogP contribution in [-0.2, 0) is 6.67 Å². The van der Waals surface area contributed by atoms with Crippen molar-refractivity contribution in [2.75, 3.05) is 0 Å². The van der Waals surface area contributed by atoms with Crippen LogP contribution in [0.1, 0.15) is 16.7 Å². The summed E-state index contributed by atoms with van der Waals surface area (Å²) in [5.74, 6) is 0. The van der Waals surface area contributed by atoms with Crippen LogP contribution in [0.5, 0.6) is 0 Å². The number of rotatable bonds is 3. The van der Waals surface area contributed by atoms with Crippen LogP contribution in [-0.4, -0.2) is 0 Å². The largest absolute Gasteiger partial charge is 0.246 e. The number of halogens is 1. The molecule has 0 aromatic heterocycles. The maximum atomic E-state index is 12.2. The summed E-state index contributed by atoms with van der Waals surface area (Å²) in [5, 5.41) is 0. The first-order chi connectivity index (χ1) is 5.81. The molecule has 0 bridgehead atoms. The fourth-order valence-electron chi connectivity index (χ4n) is 1.07. The van der Waals surface area contributed by atoms with E-state index in [-0.39, 0.29) is 0 Å². The van der Waals surface area contributed by atoms with Crippen LogP contribution in [0.4, 0.5) is 4.39 Å². The summed E-state index contributed by atoms with van der Waals surface area (Å²) in [6.07, 6.45) is 3.44. The molecule has 0 fully saturated rings. The van der Waals surface area contributed by atoms with Crippen molar-refractivity contribution in [2.24, 2.45) is 0 Å². The van der Waals surface area contributed by atoms with Crippen molar-refractivity contribution in [1.82, 2.24) is 0 Å². The molecule has 0 radical (unpaired) electrons. The van der Waals surface area contributed by atoms with E-state index < -0.39 is 6.67 Å². The van der Waals surface area contributed by atoms with Gasteiger partial charge in [-0.25, -0.2) is 4.39 Å². The van der Waals surface area contributed by atoms with Gasteiger partial charge in [0.2, 0.25) is 0 Å². The molecule has 1 aromatic carbocycles. The molecule has 62 valence electrons. The maximum Gasteiger partial charge on any atom is 0.115 e. The Labute approximate surface area is 72.0 Å². The van der Waals surface area contributed by atoms with Gasteiger partial charge in [0.05, 0.1) is 0 Å². The quantitative estimate of drug-likeness (QED) is 0.638. The van der Waals surface area contributed by atoms with Gasteiger partial charge in [-0.2, -0.15) is 0 Å². The van der Waals surface area contributed by atoms with Gasteiger partial charge in [0, 0.05) is 0 Å². The average molecular weight is 162 g/mol. The number of hydrogen-bond donors (Lipinski definition) is 0. The lowest BCUT2D eigenvalue weighted by Crippen LogP contribution is -1.84. The van der Waals surface area contributed by atoms with Crippen LogP contribution >= 0.6 is 0 Å². The third kappa shape index (κ3) is 1.62. The molecule has 0 amide bonds. The van der Waals surface area contributed by atoms with Crippen molar-refractivity contribution in [2.45, 2.75) is 6.67 Å². The molecule has 0 unspecified atom stereocenters. The fraction of sp³-hybridized carbons (Fsp3) is 0.0909. The SMILES string of the molecule is C=Cc1ccc(CF)cc1C=C. The van der Waals surface area contributed by atoms with E-state index in [0.717, 1.165) is 11.1 Å². The second-order valence-corrected chi connectivity index (χ2v) is 2.51. The van der Waals surface area contributed by atoms with Crippen LogP contribution in [0.3, 0.4) is 0 Å². The minimum atomic E-state index is -0.432. The molecule has 0 saturated carbocycles. The van der Waals surface area contributed by atoms with Gasteiger partial charge in [-0.05, 0) is 22.8 Å². The van der Waals surface area contributed by atoms with Gasteiger partial charge >= 0.3 is 0 Å². The molecule has 0 atom stereocenters. The van der Waals surface area contributed by atoms with E-state index in [0.29, 0.717) is 5.56 Å². The van der Waals surface area contributed by atoms with Crippen molar-refractivity contribution in [3.8, 4) is 0 Å². The third-order valence-electron chi connectivity index (χ3n) is 1.75. The summed E-state index contributed by atoms with van der Waals surface area (Å²) in [7, 11) is 0. The zero-order valence-corrected chi connectivity index (χ0v) is 6.89. The Hall–Kier alpha value is -1.37. The maximum absolute atomic E-state index is 12.2. The van der Waals surface area contributed by atoms with Crippen LogP contribution in [0.15, 0.2) is 31.4 Å². The topological polar surface area (TPSA) is 0 Å². The lowest BCUT2D eigenvalue weighted by molar-refractivity contribution is 0.485. The molecule has 1 rings (SSSR count). The molecule has 0 aliphatic heterocycles. The molecule has 0 saturated heterocycles. The molecule has 0 aliphatic rings. The Balaban J connectivity index is 3.18. The predicted octanol–water partition coefficient (Wildman–Crippen LogP) is 3.44. The molecule has 12 heavy (non-hydrogen) atoms. The lowest BCUT2D eigenvalue weighted by Gasteiger charge is -2.01. The molecule has 1 heteroatoms. The summed E-state index contributed by atoms with van der Waals surface area (Å²) in [4.78, 5) is 0. The highest BCUT2D eigenvalue weighted by molar-refractivity contribution is 5.64. The fourth-order valence-corrected chi connectivity index (χ4v) is 1.07. The average Bonchev–Trinajstić information content (AvgIpc) is 2.16. The summed E-state index contributed by atoms with van der Waals surface area (Å²) >= 11 is 0. The van der Waals surface area contributed by atoms with Crippen molar-refractivity contribution < 1.29 is 4.39 Å². The van der Waals surface area contributed by atoms with E-state index in [4.69, 9.17) is 0 Å². The Kier molecular flexibility index (Phi) is 2.81. The van der Waals surface area contributed by atoms with E-state index in [1.54, 1.807) is 24.3 Å². The number of alkyl halides is 1. The molecule has 0 nitrogen and oxygen atoms in total. The van der Waals surface area contributed by atoms with Crippen LogP contribution in [0.2, 0.25) is 0 Å². The van der Waals surface area contributed by atoms with E-state index in [9.17, 15) is 4.39 Å². The third-order valence-corrected chi connectivity index (χ3v) is 1.75. The summed E-state index contributed by atoms with van der Waals surface area (Å²) in [6.45, 7) is 6.87. The highest BCUT2D eigenvalue weighted by atomic mass is 19.1. The van der Waals surface area contributed by atoms with Crippen LogP contribution in [0, 0.1) is 0 Å². The Bertz CT molecular complexity index is 300. The predicted molar refractivity (Wildman–Crippen MR) is 51.4 cm³/mol. The van der Waals surface area contributed by atoms with Crippen molar-refractivity contribution in [1.29, 1.82) is 0 Å². The second-order valence-electron chi connectivity index (χ2n) is 2.51. The first-order valence-corrected chi connectivity index (χ1v) is 3.75. The normalized spacial score (nSPS) is 9.42. The Morgan fingerprint density at radius 2 is 1.83 bits per heavy atom. The van der Waals surface area contributed by atoms with Gasteiger partial charge < -0.3 is 0 Å². The molecular formula is C11H11F. The van der Waals surface area contributed by atoms with E-state index in [2.05, 4.69) is 13.2 Å². The summed E-state index contributed by atoms with van der Waals surface area (Å²) in [6, 6.07) is 5.38. The molecule has 0 aliphatic carbocycles.